The van der Waals surface area contributed by atoms with Crippen LogP contribution >= 0.6 is 0 Å². The zero-order valence-corrected chi connectivity index (χ0v) is 13.0. The Kier molecular flexibility index (Phi) is 8.06. The maximum Gasteiger partial charge on any atom is 0.293 e. The lowest BCUT2D eigenvalue weighted by Crippen LogP contribution is -2.64. The minimum absolute atomic E-state index is 0.192. The minimum Gasteiger partial charge on any atom is -0.465 e. The summed E-state index contributed by atoms with van der Waals surface area (Å²) < 4.78 is 26.1. The molecule has 0 radical (unpaired) electrons. The Morgan fingerprint density at radius 1 is 1.13 bits per heavy atom. The smallest absolute Gasteiger partial charge is 0.293 e. The van der Waals surface area contributed by atoms with Crippen LogP contribution in [0.1, 0.15) is 13.8 Å². The molecule has 1 saturated heterocycles. The summed E-state index contributed by atoms with van der Waals surface area (Å²) >= 11 is 0. The quantitative estimate of drug-likeness (QED) is 0.395. The molecule has 0 aromatic heterocycles. The van der Waals surface area contributed by atoms with Crippen molar-refractivity contribution in [3.05, 3.63) is 12.8 Å². The van der Waals surface area contributed by atoms with Crippen LogP contribution in [0.5, 0.6) is 0 Å². The van der Waals surface area contributed by atoms with Crippen molar-refractivity contribution in [2.24, 2.45) is 0 Å². The highest BCUT2D eigenvalue weighted by atomic mass is 16.7. The number of nitrogens with one attached hydrogen (secondary N) is 1. The van der Waals surface area contributed by atoms with Crippen LogP contribution in [0.4, 0.5) is 0 Å². The zero-order chi connectivity index (χ0) is 17.2. The minimum atomic E-state index is -0.984. The van der Waals surface area contributed by atoms with Gasteiger partial charge in [0.15, 0.2) is 18.5 Å². The fourth-order valence-corrected chi connectivity index (χ4v) is 2.32. The average molecular weight is 331 g/mol. The number of carbonyl (C=O) groups excluding carboxylic acids is 3. The number of hydrogen-bond donors (Lipinski definition) is 1. The van der Waals surface area contributed by atoms with E-state index in [9.17, 15) is 14.4 Å². The summed E-state index contributed by atoms with van der Waals surface area (Å²) in [6, 6.07) is -0.669. The van der Waals surface area contributed by atoms with Gasteiger partial charge in [-0.05, 0) is 20.0 Å². The fraction of sp³-hybridized carbons (Fsp3) is 0.643. The third kappa shape index (κ3) is 5.22. The third-order valence-electron chi connectivity index (χ3n) is 3.12. The Morgan fingerprint density at radius 3 is 2.30 bits per heavy atom. The summed E-state index contributed by atoms with van der Waals surface area (Å²) in [7, 11) is 0. The summed E-state index contributed by atoms with van der Waals surface area (Å²) in [4.78, 5) is 32.0. The van der Waals surface area contributed by atoms with Crippen LogP contribution in [0, 0.1) is 0 Å². The number of rotatable bonds is 11. The van der Waals surface area contributed by atoms with Gasteiger partial charge in [0.25, 0.3) is 19.4 Å². The van der Waals surface area contributed by atoms with E-state index in [1.165, 1.54) is 6.20 Å². The maximum atomic E-state index is 10.8. The Balaban J connectivity index is 3.08. The number of carbonyl (C=O) groups is 3. The van der Waals surface area contributed by atoms with Crippen LogP contribution in [-0.4, -0.2) is 62.8 Å². The average Bonchev–Trinajstić information content (AvgIpc) is 2.51. The van der Waals surface area contributed by atoms with Gasteiger partial charge in [-0.25, -0.2) is 0 Å². The van der Waals surface area contributed by atoms with Crippen molar-refractivity contribution in [2.45, 2.75) is 50.6 Å². The molecular weight excluding hydrogens is 310 g/mol. The van der Waals surface area contributed by atoms with E-state index in [1.54, 1.807) is 13.8 Å². The van der Waals surface area contributed by atoms with Crippen LogP contribution < -0.4 is 5.32 Å². The maximum absolute atomic E-state index is 10.8. The molecule has 1 N–H and O–H groups in total. The van der Waals surface area contributed by atoms with Gasteiger partial charge >= 0.3 is 0 Å². The second-order valence-corrected chi connectivity index (χ2v) is 4.95. The van der Waals surface area contributed by atoms with Gasteiger partial charge in [0.1, 0.15) is 18.8 Å². The van der Waals surface area contributed by atoms with Gasteiger partial charge in [0.05, 0.1) is 6.10 Å². The molecule has 1 rings (SSSR count). The largest absolute Gasteiger partial charge is 0.465 e. The first-order valence-electron chi connectivity index (χ1n) is 7.00. The molecular formula is C14H21NO8. The van der Waals surface area contributed by atoms with Crippen molar-refractivity contribution in [3.63, 3.8) is 0 Å². The molecule has 1 aliphatic rings. The number of ether oxygens (including phenoxy) is 5. The van der Waals surface area contributed by atoms with Crippen molar-refractivity contribution >= 4 is 19.4 Å². The van der Waals surface area contributed by atoms with Gasteiger partial charge < -0.3 is 29.0 Å². The van der Waals surface area contributed by atoms with E-state index in [0.717, 1.165) is 0 Å². The summed E-state index contributed by atoms with van der Waals surface area (Å²) in [6.07, 6.45) is -2.42. The molecule has 1 unspecified atom stereocenters. The topological polar surface area (TPSA) is 109 Å². The molecule has 9 nitrogen and oxygen atoms in total. The second-order valence-electron chi connectivity index (χ2n) is 4.95. The number of hydrogen-bond acceptors (Lipinski definition) is 9. The van der Waals surface area contributed by atoms with Gasteiger partial charge in [-0.1, -0.05) is 6.58 Å². The fourth-order valence-electron chi connectivity index (χ4n) is 2.32. The highest BCUT2D eigenvalue weighted by Gasteiger charge is 2.49. The molecule has 0 spiro atoms. The van der Waals surface area contributed by atoms with E-state index in [2.05, 4.69) is 16.6 Å². The van der Waals surface area contributed by atoms with Crippen LogP contribution in [0.15, 0.2) is 12.8 Å². The van der Waals surface area contributed by atoms with E-state index in [-0.39, 0.29) is 32.1 Å². The summed E-state index contributed by atoms with van der Waals surface area (Å²) in [5, 5.41) is 2.86. The second kappa shape index (κ2) is 9.80. The molecule has 0 bridgehead atoms. The molecule has 5 atom stereocenters. The molecule has 0 amide bonds. The Hall–Kier alpha value is -2.13. The molecule has 0 saturated carbocycles. The van der Waals surface area contributed by atoms with Crippen LogP contribution in [-0.2, 0) is 38.1 Å². The van der Waals surface area contributed by atoms with Crippen LogP contribution in [0.2, 0.25) is 0 Å². The van der Waals surface area contributed by atoms with E-state index in [1.807, 2.05) is 0 Å². The highest BCUT2D eigenvalue weighted by molar-refractivity contribution is 5.40. The molecule has 1 heterocycles. The standard InChI is InChI=1S/C14H21NO8/c1-4-15-11-13(21-8-18)12(20-7-17)10(5-19-6-16)23-14(11)22-9(2)3/h4,6-15H,1,5H2,2-3H3/t10-,11+,12+,13-,14?/m1/s1. The van der Waals surface area contributed by atoms with Gasteiger partial charge in [0, 0.05) is 0 Å². The monoisotopic (exact) mass is 331 g/mol. The summed E-state index contributed by atoms with van der Waals surface area (Å²) in [6.45, 7) is 7.64. The first-order chi connectivity index (χ1) is 11.1. The van der Waals surface area contributed by atoms with Crippen molar-refractivity contribution in [3.8, 4) is 0 Å². The zero-order valence-electron chi connectivity index (χ0n) is 13.0. The summed E-state index contributed by atoms with van der Waals surface area (Å²) in [5.74, 6) is 0. The first kappa shape index (κ1) is 18.9. The highest BCUT2D eigenvalue weighted by Crippen LogP contribution is 2.27. The van der Waals surface area contributed by atoms with Gasteiger partial charge in [-0.15, -0.1) is 0 Å². The van der Waals surface area contributed by atoms with Gasteiger partial charge in [-0.3, -0.25) is 14.4 Å². The van der Waals surface area contributed by atoms with E-state index in [4.69, 9.17) is 18.9 Å². The Morgan fingerprint density at radius 2 is 1.78 bits per heavy atom. The first-order valence-corrected chi connectivity index (χ1v) is 7.00. The lowest BCUT2D eigenvalue weighted by Gasteiger charge is -2.44. The van der Waals surface area contributed by atoms with Crippen molar-refractivity contribution < 1.29 is 38.1 Å². The third-order valence-corrected chi connectivity index (χ3v) is 3.12. The SMILES string of the molecule is C=CN[C@@H]1C(OC(C)C)O[C@H](COC=O)[C@H](OC=O)[C@@H]1OC=O. The Bertz CT molecular complexity index is 402. The lowest BCUT2D eigenvalue weighted by atomic mass is 9.96. The van der Waals surface area contributed by atoms with Gasteiger partial charge in [-0.2, -0.15) is 0 Å². The van der Waals surface area contributed by atoms with Crippen molar-refractivity contribution in [1.29, 1.82) is 0 Å². The molecule has 9 heteroatoms. The summed E-state index contributed by atoms with van der Waals surface area (Å²) in [5.41, 5.74) is 0. The normalized spacial score (nSPS) is 30.1. The molecule has 0 aliphatic carbocycles. The molecule has 130 valence electrons. The van der Waals surface area contributed by atoms with Gasteiger partial charge in [0.2, 0.25) is 0 Å². The molecule has 23 heavy (non-hydrogen) atoms. The van der Waals surface area contributed by atoms with Crippen LogP contribution in [0.25, 0.3) is 0 Å². The Labute approximate surface area is 133 Å². The predicted octanol–water partition coefficient (Wildman–Crippen LogP) is -0.506. The van der Waals surface area contributed by atoms with E-state index < -0.39 is 30.6 Å². The molecule has 0 aromatic rings. The molecule has 1 fully saturated rings. The van der Waals surface area contributed by atoms with E-state index in [0.29, 0.717) is 0 Å². The van der Waals surface area contributed by atoms with E-state index >= 15 is 0 Å². The van der Waals surface area contributed by atoms with Crippen molar-refractivity contribution in [2.75, 3.05) is 6.61 Å². The molecule has 0 aromatic carbocycles. The molecule has 1 aliphatic heterocycles. The van der Waals surface area contributed by atoms with Crippen molar-refractivity contribution in [1.82, 2.24) is 5.32 Å². The lowest BCUT2D eigenvalue weighted by molar-refractivity contribution is -0.280. The predicted molar refractivity (Wildman–Crippen MR) is 75.9 cm³/mol. The van der Waals surface area contributed by atoms with Crippen LogP contribution in [0.3, 0.4) is 0 Å².